The molecule has 0 unspecified atom stereocenters. The number of hydrogen-bond donors (Lipinski definition) is 3. The second-order valence-electron chi connectivity index (χ2n) is 5.02. The van der Waals surface area contributed by atoms with Crippen LogP contribution >= 0.6 is 0 Å². The molecule has 1 heterocycles. The Labute approximate surface area is 135 Å². The molecule has 3 N–H and O–H groups in total. The molecular weight excluding hydrogens is 316 g/mol. The third kappa shape index (κ3) is 2.36. The van der Waals surface area contributed by atoms with Crippen molar-refractivity contribution in [2.45, 2.75) is 0 Å². The summed E-state index contributed by atoms with van der Waals surface area (Å²) >= 11 is 0. The van der Waals surface area contributed by atoms with E-state index in [2.05, 4.69) is 0 Å². The monoisotopic (exact) mass is 330 g/mol. The quantitative estimate of drug-likeness (QED) is 0.633. The van der Waals surface area contributed by atoms with Gasteiger partial charge >= 0.3 is 0 Å². The zero-order chi connectivity index (χ0) is 17.4. The van der Waals surface area contributed by atoms with Gasteiger partial charge in [0.05, 0.1) is 14.2 Å². The molecule has 0 spiro atoms. The van der Waals surface area contributed by atoms with Crippen LogP contribution in [-0.2, 0) is 0 Å². The minimum absolute atomic E-state index is 0.0537. The second kappa shape index (κ2) is 5.69. The summed E-state index contributed by atoms with van der Waals surface area (Å²) in [6.07, 6.45) is 0. The summed E-state index contributed by atoms with van der Waals surface area (Å²) in [4.78, 5) is 12.7. The number of hydrogen-bond acceptors (Lipinski definition) is 7. The first-order chi connectivity index (χ1) is 11.5. The number of methoxy groups -OCH3 is 2. The molecule has 24 heavy (non-hydrogen) atoms. The van der Waals surface area contributed by atoms with Gasteiger partial charge < -0.3 is 29.2 Å². The average Bonchev–Trinajstić information content (AvgIpc) is 2.56. The van der Waals surface area contributed by atoms with Gasteiger partial charge in [-0.05, 0) is 18.2 Å². The summed E-state index contributed by atoms with van der Waals surface area (Å²) in [6, 6.07) is 6.54. The Balaban J connectivity index is 2.40. The van der Waals surface area contributed by atoms with E-state index < -0.39 is 5.43 Å². The van der Waals surface area contributed by atoms with Crippen molar-refractivity contribution >= 4 is 11.0 Å². The number of aromatic hydroxyl groups is 3. The van der Waals surface area contributed by atoms with E-state index >= 15 is 0 Å². The summed E-state index contributed by atoms with van der Waals surface area (Å²) in [5.41, 5.74) is -0.0677. The highest BCUT2D eigenvalue weighted by Gasteiger charge is 2.21. The third-order valence-corrected chi connectivity index (χ3v) is 3.56. The topological polar surface area (TPSA) is 109 Å². The van der Waals surface area contributed by atoms with Crippen molar-refractivity contribution < 1.29 is 29.2 Å². The zero-order valence-corrected chi connectivity index (χ0v) is 12.9. The molecule has 0 amide bonds. The van der Waals surface area contributed by atoms with Gasteiger partial charge in [0.1, 0.15) is 22.5 Å². The predicted molar refractivity (Wildman–Crippen MR) is 86.0 cm³/mol. The summed E-state index contributed by atoms with van der Waals surface area (Å²) < 4.78 is 16.0. The van der Waals surface area contributed by atoms with Crippen molar-refractivity contribution in [3.63, 3.8) is 0 Å². The highest BCUT2D eigenvalue weighted by molar-refractivity contribution is 5.88. The molecule has 0 bridgehead atoms. The molecule has 124 valence electrons. The summed E-state index contributed by atoms with van der Waals surface area (Å²) in [7, 11) is 2.68. The van der Waals surface area contributed by atoms with Crippen LogP contribution in [0.25, 0.3) is 22.3 Å². The Morgan fingerprint density at radius 2 is 1.71 bits per heavy atom. The molecule has 7 nitrogen and oxygen atoms in total. The van der Waals surface area contributed by atoms with Gasteiger partial charge in [0, 0.05) is 17.7 Å². The van der Waals surface area contributed by atoms with Crippen molar-refractivity contribution in [2.75, 3.05) is 14.2 Å². The maximum absolute atomic E-state index is 12.7. The Morgan fingerprint density at radius 1 is 0.958 bits per heavy atom. The van der Waals surface area contributed by atoms with Crippen LogP contribution in [0.5, 0.6) is 28.7 Å². The Hall–Kier alpha value is -3.35. The van der Waals surface area contributed by atoms with Crippen LogP contribution in [-0.4, -0.2) is 29.5 Å². The second-order valence-corrected chi connectivity index (χ2v) is 5.02. The molecule has 0 radical (unpaired) electrons. The summed E-state index contributed by atoms with van der Waals surface area (Å²) in [5.74, 6) is -0.690. The van der Waals surface area contributed by atoms with Gasteiger partial charge in [-0.3, -0.25) is 4.79 Å². The lowest BCUT2D eigenvalue weighted by Gasteiger charge is -2.11. The maximum atomic E-state index is 12.7. The highest BCUT2D eigenvalue weighted by atomic mass is 16.5. The fourth-order valence-electron chi connectivity index (χ4n) is 2.45. The van der Waals surface area contributed by atoms with E-state index in [0.717, 1.165) is 0 Å². The first kappa shape index (κ1) is 15.5. The number of fused-ring (bicyclic) bond motifs is 1. The van der Waals surface area contributed by atoms with Crippen molar-refractivity contribution in [3.8, 4) is 40.1 Å². The van der Waals surface area contributed by atoms with Crippen LogP contribution in [0.3, 0.4) is 0 Å². The van der Waals surface area contributed by atoms with E-state index in [1.165, 1.54) is 44.6 Å². The fourth-order valence-corrected chi connectivity index (χ4v) is 2.45. The smallest absolute Gasteiger partial charge is 0.239 e. The summed E-state index contributed by atoms with van der Waals surface area (Å²) in [5, 5.41) is 29.0. The maximum Gasteiger partial charge on any atom is 0.239 e. The summed E-state index contributed by atoms with van der Waals surface area (Å²) in [6.45, 7) is 0. The van der Waals surface area contributed by atoms with E-state index in [4.69, 9.17) is 13.9 Å². The lowest BCUT2D eigenvalue weighted by molar-refractivity contribution is 0.393. The largest absolute Gasteiger partial charge is 0.508 e. The Bertz CT molecular complexity index is 988. The van der Waals surface area contributed by atoms with Crippen LogP contribution in [0.2, 0.25) is 0 Å². The Kier molecular flexibility index (Phi) is 3.69. The molecule has 0 aliphatic heterocycles. The molecule has 3 rings (SSSR count). The van der Waals surface area contributed by atoms with E-state index in [-0.39, 0.29) is 45.5 Å². The van der Waals surface area contributed by atoms with Gasteiger partial charge in [0.2, 0.25) is 11.2 Å². The van der Waals surface area contributed by atoms with Crippen LogP contribution in [0.4, 0.5) is 0 Å². The minimum atomic E-state index is -0.488. The van der Waals surface area contributed by atoms with E-state index in [9.17, 15) is 20.1 Å². The van der Waals surface area contributed by atoms with Gasteiger partial charge in [-0.15, -0.1) is 0 Å². The third-order valence-electron chi connectivity index (χ3n) is 3.56. The van der Waals surface area contributed by atoms with Crippen LogP contribution in [0.15, 0.2) is 39.5 Å². The number of phenolic OH excluding ortho intramolecular Hbond substituents is 3. The first-order valence-electron chi connectivity index (χ1n) is 6.90. The Morgan fingerprint density at radius 3 is 2.33 bits per heavy atom. The van der Waals surface area contributed by atoms with Gasteiger partial charge in [0.25, 0.3) is 0 Å². The molecule has 0 aliphatic rings. The zero-order valence-electron chi connectivity index (χ0n) is 12.9. The number of benzene rings is 2. The SMILES string of the molecule is COc1c(-c2ccc(O)c(O)c2)oc2cc(O)cc(OC)c2c1=O. The van der Waals surface area contributed by atoms with Crippen molar-refractivity contribution in [3.05, 3.63) is 40.6 Å². The molecular formula is C17H14O7. The van der Waals surface area contributed by atoms with E-state index in [1.54, 1.807) is 0 Å². The molecule has 2 aromatic carbocycles. The number of ether oxygens (including phenoxy) is 2. The fraction of sp³-hybridized carbons (Fsp3) is 0.118. The van der Waals surface area contributed by atoms with E-state index in [0.29, 0.717) is 5.56 Å². The van der Waals surface area contributed by atoms with Gasteiger partial charge in [-0.2, -0.15) is 0 Å². The molecule has 0 aliphatic carbocycles. The van der Waals surface area contributed by atoms with Crippen molar-refractivity contribution in [1.82, 2.24) is 0 Å². The lowest BCUT2D eigenvalue weighted by Crippen LogP contribution is -2.08. The first-order valence-corrected chi connectivity index (χ1v) is 6.90. The van der Waals surface area contributed by atoms with Crippen LogP contribution in [0.1, 0.15) is 0 Å². The number of phenols is 3. The molecule has 0 saturated heterocycles. The van der Waals surface area contributed by atoms with Crippen LogP contribution < -0.4 is 14.9 Å². The normalized spacial score (nSPS) is 10.8. The lowest BCUT2D eigenvalue weighted by atomic mass is 10.1. The van der Waals surface area contributed by atoms with Gasteiger partial charge in [-0.1, -0.05) is 0 Å². The van der Waals surface area contributed by atoms with Gasteiger partial charge in [0.15, 0.2) is 17.3 Å². The average molecular weight is 330 g/mol. The molecule has 0 atom stereocenters. The molecule has 7 heteroatoms. The molecule has 0 saturated carbocycles. The molecule has 0 fully saturated rings. The molecule has 1 aromatic heterocycles. The van der Waals surface area contributed by atoms with E-state index in [1.807, 2.05) is 0 Å². The predicted octanol–water partition coefficient (Wildman–Crippen LogP) is 2.59. The van der Waals surface area contributed by atoms with Crippen molar-refractivity contribution in [2.24, 2.45) is 0 Å². The van der Waals surface area contributed by atoms with Gasteiger partial charge in [-0.25, -0.2) is 0 Å². The van der Waals surface area contributed by atoms with Crippen molar-refractivity contribution in [1.29, 1.82) is 0 Å². The van der Waals surface area contributed by atoms with Crippen LogP contribution in [0, 0.1) is 0 Å². The highest BCUT2D eigenvalue weighted by Crippen LogP contribution is 2.38. The standard InChI is InChI=1S/C17H14O7/c1-22-12-6-9(18)7-13-14(12)15(21)17(23-2)16(24-13)8-3-4-10(19)11(20)5-8/h3-7,18-20H,1-2H3. The number of rotatable bonds is 3. The minimum Gasteiger partial charge on any atom is -0.508 e. The molecule has 3 aromatic rings.